The number of rotatable bonds is 1. The van der Waals surface area contributed by atoms with Crippen LogP contribution in [0.2, 0.25) is 0 Å². The average Bonchev–Trinajstić information content (AvgIpc) is 3.01. The summed E-state index contributed by atoms with van der Waals surface area (Å²) < 4.78 is 0. The van der Waals surface area contributed by atoms with Gasteiger partial charge in [0.2, 0.25) is 0 Å². The molecule has 2 aromatic rings. The zero-order chi connectivity index (χ0) is 19.4. The van der Waals surface area contributed by atoms with E-state index in [9.17, 15) is 9.90 Å². The van der Waals surface area contributed by atoms with Crippen molar-refractivity contribution in [1.29, 1.82) is 5.26 Å². The Balaban J connectivity index is 0.000000197. The summed E-state index contributed by atoms with van der Waals surface area (Å²) in [6.07, 6.45) is 1.57. The Kier molecular flexibility index (Phi) is 5.57. The van der Waals surface area contributed by atoms with Crippen LogP contribution < -0.4 is 10.2 Å². The lowest BCUT2D eigenvalue weighted by molar-refractivity contribution is 0.0965. The van der Waals surface area contributed by atoms with Crippen LogP contribution in [0.4, 0.5) is 5.82 Å². The lowest BCUT2D eigenvalue weighted by atomic mass is 10.1. The molecule has 2 aliphatic rings. The van der Waals surface area contributed by atoms with Crippen LogP contribution in [0.15, 0.2) is 30.3 Å². The molecule has 1 atom stereocenters. The van der Waals surface area contributed by atoms with E-state index >= 15 is 0 Å². The van der Waals surface area contributed by atoms with Crippen LogP contribution in [-0.2, 0) is 6.54 Å². The van der Waals surface area contributed by atoms with Crippen molar-refractivity contribution in [3.8, 4) is 11.8 Å². The van der Waals surface area contributed by atoms with Gasteiger partial charge in [0.15, 0.2) is 0 Å². The van der Waals surface area contributed by atoms with E-state index in [0.29, 0.717) is 24.2 Å². The minimum Gasteiger partial charge on any atom is -0.508 e. The summed E-state index contributed by atoms with van der Waals surface area (Å²) in [5.41, 5.74) is 2.99. The van der Waals surface area contributed by atoms with Crippen LogP contribution >= 0.6 is 0 Å². The van der Waals surface area contributed by atoms with E-state index in [1.165, 1.54) is 12.1 Å². The van der Waals surface area contributed by atoms with Crippen LogP contribution in [0.3, 0.4) is 0 Å². The first-order valence-corrected chi connectivity index (χ1v) is 8.89. The summed E-state index contributed by atoms with van der Waals surface area (Å²) in [4.78, 5) is 18.3. The molecule has 1 aromatic heterocycles. The van der Waals surface area contributed by atoms with E-state index in [-0.39, 0.29) is 17.8 Å². The highest BCUT2D eigenvalue weighted by molar-refractivity contribution is 5.98. The van der Waals surface area contributed by atoms with Gasteiger partial charge in [-0.15, -0.1) is 0 Å². The van der Waals surface area contributed by atoms with E-state index in [1.807, 2.05) is 19.1 Å². The third-order valence-electron chi connectivity index (χ3n) is 4.60. The second-order valence-corrected chi connectivity index (χ2v) is 6.71. The minimum absolute atomic E-state index is 0.0363. The van der Waals surface area contributed by atoms with Crippen molar-refractivity contribution in [2.24, 2.45) is 0 Å². The number of aromatic hydroxyl groups is 1. The number of benzene rings is 1. The number of anilines is 1. The van der Waals surface area contributed by atoms with Crippen LogP contribution in [-0.4, -0.2) is 40.3 Å². The number of carbonyl (C=O) groups excluding carboxylic acids is 1. The smallest absolute Gasteiger partial charge is 0.253 e. The van der Waals surface area contributed by atoms with Crippen LogP contribution in [0.5, 0.6) is 5.75 Å². The molecule has 3 heterocycles. The summed E-state index contributed by atoms with van der Waals surface area (Å²) >= 11 is 0. The number of pyridine rings is 1. The fourth-order valence-corrected chi connectivity index (χ4v) is 3.27. The van der Waals surface area contributed by atoms with Gasteiger partial charge in [0.25, 0.3) is 5.91 Å². The van der Waals surface area contributed by atoms with Gasteiger partial charge in [0.05, 0.1) is 35.5 Å². The molecule has 1 aromatic carbocycles. The number of phenols is 1. The number of aliphatic hydroxyl groups excluding tert-OH is 1. The number of nitriles is 1. The molecule has 7 nitrogen and oxygen atoms in total. The van der Waals surface area contributed by atoms with Gasteiger partial charge in [-0.2, -0.15) is 5.26 Å². The fourth-order valence-electron chi connectivity index (χ4n) is 3.27. The van der Waals surface area contributed by atoms with Gasteiger partial charge in [-0.25, -0.2) is 4.98 Å². The first kappa shape index (κ1) is 18.7. The second-order valence-electron chi connectivity index (χ2n) is 6.71. The van der Waals surface area contributed by atoms with Crippen LogP contribution in [0, 0.1) is 18.3 Å². The predicted octanol–water partition coefficient (Wildman–Crippen LogP) is 1.86. The zero-order valence-electron chi connectivity index (χ0n) is 15.1. The summed E-state index contributed by atoms with van der Waals surface area (Å²) in [6.45, 7) is 4.03. The third-order valence-corrected chi connectivity index (χ3v) is 4.60. The van der Waals surface area contributed by atoms with Gasteiger partial charge in [0, 0.05) is 13.1 Å². The maximum Gasteiger partial charge on any atom is 0.253 e. The maximum atomic E-state index is 11.6. The zero-order valence-corrected chi connectivity index (χ0v) is 15.1. The highest BCUT2D eigenvalue weighted by Crippen LogP contribution is 2.26. The molecular weight excluding hydrogens is 344 g/mol. The van der Waals surface area contributed by atoms with Crippen LogP contribution in [0.25, 0.3) is 0 Å². The Bertz CT molecular complexity index is 891. The van der Waals surface area contributed by atoms with Crippen molar-refractivity contribution in [1.82, 2.24) is 10.3 Å². The van der Waals surface area contributed by atoms with E-state index in [1.54, 1.807) is 12.1 Å². The first-order valence-electron chi connectivity index (χ1n) is 8.89. The standard InChI is InChI=1S/C13H17N3O2.C7H5NO/c1-8-5-10-11(6-14-13(10)18)15-12(8)16-4-2-3-9(17)7-16;8-5-6-2-1-3-7(9)4-6/h5,9,17H,2-4,6-7H2,1H3,(H,14,18);1-4,9H/t9-;/m1./s1. The highest BCUT2D eigenvalue weighted by Gasteiger charge is 2.25. The average molecular weight is 366 g/mol. The number of aliphatic hydroxyl groups is 1. The third kappa shape index (κ3) is 4.36. The van der Waals surface area contributed by atoms with Crippen molar-refractivity contribution in [3.63, 3.8) is 0 Å². The minimum atomic E-state index is -0.270. The molecule has 0 unspecified atom stereocenters. The molecule has 1 saturated heterocycles. The monoisotopic (exact) mass is 366 g/mol. The topological polar surface area (TPSA) is 109 Å². The number of carbonyl (C=O) groups is 1. The number of phenolic OH excluding ortho intramolecular Hbond substituents is 1. The van der Waals surface area contributed by atoms with Crippen molar-refractivity contribution >= 4 is 11.7 Å². The van der Waals surface area contributed by atoms with E-state index in [4.69, 9.17) is 10.4 Å². The fraction of sp³-hybridized carbons (Fsp3) is 0.350. The van der Waals surface area contributed by atoms with Crippen LogP contribution in [0.1, 0.15) is 40.0 Å². The van der Waals surface area contributed by atoms with Gasteiger partial charge >= 0.3 is 0 Å². The molecular formula is C20H22N4O3. The number of hydrogen-bond donors (Lipinski definition) is 3. The van der Waals surface area contributed by atoms with Crippen molar-refractivity contribution in [3.05, 3.63) is 52.7 Å². The molecule has 1 fully saturated rings. The molecule has 4 rings (SSSR count). The molecule has 0 saturated carbocycles. The van der Waals surface area contributed by atoms with Crippen molar-refractivity contribution < 1.29 is 15.0 Å². The molecule has 0 radical (unpaired) electrons. The molecule has 0 spiro atoms. The van der Waals surface area contributed by atoms with Gasteiger partial charge in [-0.1, -0.05) is 6.07 Å². The van der Waals surface area contributed by atoms with Gasteiger partial charge in [0.1, 0.15) is 11.6 Å². The van der Waals surface area contributed by atoms with Crippen molar-refractivity contribution in [2.45, 2.75) is 32.4 Å². The number of fused-ring (bicyclic) bond motifs is 1. The summed E-state index contributed by atoms with van der Waals surface area (Å²) in [7, 11) is 0. The maximum absolute atomic E-state index is 11.6. The molecule has 0 aliphatic carbocycles. The summed E-state index contributed by atoms with van der Waals surface area (Å²) in [6, 6.07) is 10.0. The first-order chi connectivity index (χ1) is 13.0. The number of amides is 1. The van der Waals surface area contributed by atoms with Crippen molar-refractivity contribution in [2.75, 3.05) is 18.0 Å². The number of hydrogen-bond acceptors (Lipinski definition) is 6. The predicted molar refractivity (Wildman–Crippen MR) is 100 cm³/mol. The summed E-state index contributed by atoms with van der Waals surface area (Å²) in [5.74, 6) is 1.00. The molecule has 3 N–H and O–H groups in total. The Morgan fingerprint density at radius 2 is 2.19 bits per heavy atom. The number of piperidine rings is 1. The largest absolute Gasteiger partial charge is 0.508 e. The Hall–Kier alpha value is -3.11. The normalized spacial score (nSPS) is 18.0. The Morgan fingerprint density at radius 1 is 1.37 bits per heavy atom. The lowest BCUT2D eigenvalue weighted by Crippen LogP contribution is -2.39. The molecule has 27 heavy (non-hydrogen) atoms. The molecule has 140 valence electrons. The molecule has 0 bridgehead atoms. The number of β-amino-alcohol motifs (C(OH)–C–C–N with tert-alkyl or cyclic N) is 1. The number of aromatic nitrogens is 1. The Labute approximate surface area is 157 Å². The number of nitrogens with zero attached hydrogens (tertiary/aromatic N) is 3. The lowest BCUT2D eigenvalue weighted by Gasteiger charge is -2.32. The van der Waals surface area contributed by atoms with E-state index in [0.717, 1.165) is 36.5 Å². The molecule has 2 aliphatic heterocycles. The highest BCUT2D eigenvalue weighted by atomic mass is 16.3. The summed E-state index contributed by atoms with van der Waals surface area (Å²) in [5, 5.41) is 29.6. The van der Waals surface area contributed by atoms with Gasteiger partial charge < -0.3 is 20.4 Å². The van der Waals surface area contributed by atoms with Gasteiger partial charge in [-0.3, -0.25) is 4.79 Å². The number of nitrogens with one attached hydrogen (secondary N) is 1. The molecule has 1 amide bonds. The quantitative estimate of drug-likeness (QED) is 0.711. The van der Waals surface area contributed by atoms with E-state index < -0.39 is 0 Å². The second kappa shape index (κ2) is 8.06. The van der Waals surface area contributed by atoms with Gasteiger partial charge in [-0.05, 0) is 49.6 Å². The Morgan fingerprint density at radius 3 is 2.85 bits per heavy atom. The SMILES string of the molecule is Cc1cc2c(nc1N1CCC[C@@H](O)C1)CNC2=O.N#Cc1cccc(O)c1. The van der Waals surface area contributed by atoms with E-state index in [2.05, 4.69) is 15.2 Å². The number of aryl methyl sites for hydroxylation is 1. The molecule has 7 heteroatoms.